The van der Waals surface area contributed by atoms with E-state index in [4.69, 9.17) is 16.6 Å². The molecule has 18 heavy (non-hydrogen) atoms. The Hall–Kier alpha value is -0.900. The van der Waals surface area contributed by atoms with E-state index < -0.39 is 0 Å². The predicted octanol–water partition coefficient (Wildman–Crippen LogP) is 4.02. The van der Waals surface area contributed by atoms with Crippen LogP contribution in [0, 0.1) is 6.92 Å². The van der Waals surface area contributed by atoms with Crippen LogP contribution in [-0.4, -0.2) is 11.0 Å². The van der Waals surface area contributed by atoms with Crippen molar-refractivity contribution < 1.29 is 0 Å². The van der Waals surface area contributed by atoms with Crippen molar-refractivity contribution in [2.75, 3.05) is 0 Å². The van der Waals surface area contributed by atoms with Gasteiger partial charge in [-0.1, -0.05) is 23.7 Å². The van der Waals surface area contributed by atoms with Crippen LogP contribution in [0.1, 0.15) is 22.7 Å². The molecule has 0 amide bonds. The van der Waals surface area contributed by atoms with Gasteiger partial charge in [-0.15, -0.1) is 11.3 Å². The Kier molecular flexibility index (Phi) is 3.37. The zero-order chi connectivity index (χ0) is 12.5. The second-order valence-electron chi connectivity index (χ2n) is 4.68. The molecule has 2 nitrogen and oxygen atoms in total. The lowest BCUT2D eigenvalue weighted by Crippen LogP contribution is -2.14. The lowest BCUT2D eigenvalue weighted by molar-refractivity contribution is 0.685. The summed E-state index contributed by atoms with van der Waals surface area (Å²) in [5.74, 6) is 0. The van der Waals surface area contributed by atoms with Crippen LogP contribution in [0.15, 0.2) is 24.3 Å². The number of aryl methyl sites for hydroxylation is 1. The summed E-state index contributed by atoms with van der Waals surface area (Å²) >= 11 is 7.80. The molecule has 0 saturated heterocycles. The minimum absolute atomic E-state index is 0.726. The Bertz CT molecular complexity index is 561. The van der Waals surface area contributed by atoms with Gasteiger partial charge < -0.3 is 5.32 Å². The summed E-state index contributed by atoms with van der Waals surface area (Å²) in [5.41, 5.74) is 2.17. The Morgan fingerprint density at radius 1 is 1.44 bits per heavy atom. The maximum absolute atomic E-state index is 6.03. The molecule has 1 aromatic heterocycles. The van der Waals surface area contributed by atoms with E-state index in [2.05, 4.69) is 18.3 Å². The number of nitrogens with one attached hydrogen (secondary N) is 1. The average Bonchev–Trinajstić information content (AvgIpc) is 3.10. The SMILES string of the molecule is Cc1sc(CNC2CC2)nc1-c1cccc(Cl)c1. The van der Waals surface area contributed by atoms with Gasteiger partial charge in [0.05, 0.1) is 5.69 Å². The number of aromatic nitrogens is 1. The molecule has 3 rings (SSSR count). The molecule has 0 aliphatic heterocycles. The maximum atomic E-state index is 6.03. The van der Waals surface area contributed by atoms with Crippen LogP contribution in [0.2, 0.25) is 5.02 Å². The van der Waals surface area contributed by atoms with Crippen molar-refractivity contribution in [3.8, 4) is 11.3 Å². The van der Waals surface area contributed by atoms with E-state index in [9.17, 15) is 0 Å². The normalized spacial score (nSPS) is 15.0. The van der Waals surface area contributed by atoms with Gasteiger partial charge in [-0.2, -0.15) is 0 Å². The minimum atomic E-state index is 0.726. The number of hydrogen-bond donors (Lipinski definition) is 1. The molecular formula is C14H15ClN2S. The van der Waals surface area contributed by atoms with Crippen LogP contribution in [0.25, 0.3) is 11.3 Å². The summed E-state index contributed by atoms with van der Waals surface area (Å²) in [6.45, 7) is 3.01. The van der Waals surface area contributed by atoms with E-state index in [0.717, 1.165) is 33.9 Å². The fourth-order valence-corrected chi connectivity index (χ4v) is 3.05. The largest absolute Gasteiger partial charge is 0.308 e. The topological polar surface area (TPSA) is 24.9 Å². The molecule has 1 heterocycles. The van der Waals surface area contributed by atoms with E-state index in [1.807, 2.05) is 18.2 Å². The van der Waals surface area contributed by atoms with Gasteiger partial charge in [0.1, 0.15) is 5.01 Å². The lowest BCUT2D eigenvalue weighted by Gasteiger charge is -1.99. The van der Waals surface area contributed by atoms with E-state index >= 15 is 0 Å². The number of hydrogen-bond acceptors (Lipinski definition) is 3. The van der Waals surface area contributed by atoms with Crippen molar-refractivity contribution in [2.24, 2.45) is 0 Å². The molecule has 0 unspecified atom stereocenters. The van der Waals surface area contributed by atoms with Gasteiger partial charge in [0.25, 0.3) is 0 Å². The molecule has 0 atom stereocenters. The summed E-state index contributed by atoms with van der Waals surface area (Å²) in [5, 5.41) is 5.42. The van der Waals surface area contributed by atoms with Crippen LogP contribution >= 0.6 is 22.9 Å². The molecule has 1 N–H and O–H groups in total. The molecule has 1 aromatic carbocycles. The highest BCUT2D eigenvalue weighted by Crippen LogP contribution is 2.29. The number of rotatable bonds is 4. The Balaban J connectivity index is 1.82. The van der Waals surface area contributed by atoms with Crippen LogP contribution in [0.5, 0.6) is 0 Å². The maximum Gasteiger partial charge on any atom is 0.107 e. The van der Waals surface area contributed by atoms with Gasteiger partial charge in [0.2, 0.25) is 0 Å². The zero-order valence-electron chi connectivity index (χ0n) is 10.2. The third kappa shape index (κ3) is 2.74. The average molecular weight is 279 g/mol. The standard InChI is InChI=1S/C14H15ClN2S/c1-9-14(10-3-2-4-11(15)7-10)17-13(18-9)8-16-12-5-6-12/h2-4,7,12,16H,5-6,8H2,1H3. The Labute approximate surface area is 116 Å². The Morgan fingerprint density at radius 2 is 2.28 bits per heavy atom. The highest BCUT2D eigenvalue weighted by Gasteiger charge is 2.21. The lowest BCUT2D eigenvalue weighted by atomic mass is 10.1. The van der Waals surface area contributed by atoms with Crippen molar-refractivity contribution in [2.45, 2.75) is 32.4 Å². The van der Waals surface area contributed by atoms with Crippen LogP contribution in [-0.2, 0) is 6.54 Å². The van der Waals surface area contributed by atoms with Crippen molar-refractivity contribution >= 4 is 22.9 Å². The van der Waals surface area contributed by atoms with Crippen LogP contribution in [0.4, 0.5) is 0 Å². The van der Waals surface area contributed by atoms with Gasteiger partial charge >= 0.3 is 0 Å². The first-order valence-electron chi connectivity index (χ1n) is 6.18. The summed E-state index contributed by atoms with van der Waals surface area (Å²) in [7, 11) is 0. The highest BCUT2D eigenvalue weighted by atomic mass is 35.5. The van der Waals surface area contributed by atoms with Crippen molar-refractivity contribution in [3.05, 3.63) is 39.2 Å². The smallest absolute Gasteiger partial charge is 0.107 e. The molecule has 1 fully saturated rings. The second kappa shape index (κ2) is 5.00. The highest BCUT2D eigenvalue weighted by molar-refractivity contribution is 7.12. The number of nitrogens with zero attached hydrogens (tertiary/aromatic N) is 1. The van der Waals surface area contributed by atoms with Gasteiger partial charge in [0.15, 0.2) is 0 Å². The molecule has 0 radical (unpaired) electrons. The van der Waals surface area contributed by atoms with Gasteiger partial charge in [0, 0.05) is 28.0 Å². The summed E-state index contributed by atoms with van der Waals surface area (Å²) < 4.78 is 0. The molecular weight excluding hydrogens is 264 g/mol. The summed E-state index contributed by atoms with van der Waals surface area (Å²) in [4.78, 5) is 5.97. The first-order chi connectivity index (χ1) is 8.72. The second-order valence-corrected chi connectivity index (χ2v) is 6.40. The van der Waals surface area contributed by atoms with Gasteiger partial charge in [-0.3, -0.25) is 0 Å². The summed E-state index contributed by atoms with van der Waals surface area (Å²) in [6, 6.07) is 8.62. The zero-order valence-corrected chi connectivity index (χ0v) is 11.8. The number of benzene rings is 1. The quantitative estimate of drug-likeness (QED) is 0.914. The molecule has 0 bridgehead atoms. The van der Waals surface area contributed by atoms with E-state index in [0.29, 0.717) is 0 Å². The molecule has 2 aromatic rings. The fourth-order valence-electron chi connectivity index (χ4n) is 1.95. The van der Waals surface area contributed by atoms with E-state index in [1.165, 1.54) is 17.7 Å². The first-order valence-corrected chi connectivity index (χ1v) is 7.37. The summed E-state index contributed by atoms with van der Waals surface area (Å²) in [6.07, 6.45) is 2.62. The molecule has 1 aliphatic rings. The monoisotopic (exact) mass is 278 g/mol. The van der Waals surface area contributed by atoms with Crippen molar-refractivity contribution in [3.63, 3.8) is 0 Å². The molecule has 1 aliphatic carbocycles. The van der Waals surface area contributed by atoms with E-state index in [1.54, 1.807) is 11.3 Å². The van der Waals surface area contributed by atoms with Gasteiger partial charge in [-0.25, -0.2) is 4.98 Å². The van der Waals surface area contributed by atoms with Crippen LogP contribution < -0.4 is 5.32 Å². The molecule has 94 valence electrons. The molecule has 1 saturated carbocycles. The van der Waals surface area contributed by atoms with Crippen molar-refractivity contribution in [1.29, 1.82) is 0 Å². The predicted molar refractivity (Wildman–Crippen MR) is 77.2 cm³/mol. The van der Waals surface area contributed by atoms with Crippen LogP contribution in [0.3, 0.4) is 0 Å². The number of thiazole rings is 1. The molecule has 4 heteroatoms. The Morgan fingerprint density at radius 3 is 3.00 bits per heavy atom. The van der Waals surface area contributed by atoms with Gasteiger partial charge in [-0.05, 0) is 31.9 Å². The minimum Gasteiger partial charge on any atom is -0.308 e. The third-order valence-corrected chi connectivity index (χ3v) is 4.26. The van der Waals surface area contributed by atoms with E-state index in [-0.39, 0.29) is 0 Å². The first kappa shape index (κ1) is 12.2. The molecule has 0 spiro atoms. The van der Waals surface area contributed by atoms with Crippen molar-refractivity contribution in [1.82, 2.24) is 10.3 Å². The fraction of sp³-hybridized carbons (Fsp3) is 0.357. The number of halogens is 1. The third-order valence-electron chi connectivity index (χ3n) is 3.06.